The number of ether oxygens (including phenoxy) is 1. The fourth-order valence-electron chi connectivity index (χ4n) is 2.13. The molecule has 8 heteroatoms. The molecular formula is C16H13BrF2N4O. The Kier molecular flexibility index (Phi) is 4.84. The molecule has 124 valence electrons. The van der Waals surface area contributed by atoms with E-state index in [0.29, 0.717) is 16.2 Å². The van der Waals surface area contributed by atoms with E-state index in [9.17, 15) is 8.78 Å². The molecular weight excluding hydrogens is 382 g/mol. The van der Waals surface area contributed by atoms with E-state index < -0.39 is 6.43 Å². The molecule has 0 atom stereocenters. The molecule has 5 nitrogen and oxygen atoms in total. The zero-order valence-corrected chi connectivity index (χ0v) is 14.2. The van der Waals surface area contributed by atoms with Crippen LogP contribution in [0.4, 0.5) is 8.78 Å². The van der Waals surface area contributed by atoms with Crippen LogP contribution in [0.1, 0.15) is 23.2 Å². The fourth-order valence-corrected chi connectivity index (χ4v) is 2.34. The van der Waals surface area contributed by atoms with Gasteiger partial charge in [0.25, 0.3) is 6.43 Å². The van der Waals surface area contributed by atoms with Crippen molar-refractivity contribution in [3.05, 3.63) is 64.3 Å². The number of benzene rings is 1. The number of aryl methyl sites for hydroxylation is 1. The second kappa shape index (κ2) is 7.04. The molecule has 0 spiro atoms. The highest BCUT2D eigenvalue weighted by atomic mass is 79.9. The SMILES string of the molecule is Cc1cnn(-c2ccc(C(F)F)cc2)c1COc1cnc(Br)cn1. The summed E-state index contributed by atoms with van der Waals surface area (Å²) in [5.74, 6) is 0.387. The molecule has 0 fully saturated rings. The van der Waals surface area contributed by atoms with E-state index in [-0.39, 0.29) is 12.2 Å². The van der Waals surface area contributed by atoms with Crippen molar-refractivity contribution in [3.8, 4) is 11.6 Å². The molecule has 0 radical (unpaired) electrons. The summed E-state index contributed by atoms with van der Waals surface area (Å²) in [5.41, 5.74) is 2.40. The Labute approximate surface area is 145 Å². The number of nitrogens with zero attached hydrogens (tertiary/aromatic N) is 4. The fraction of sp³-hybridized carbons (Fsp3) is 0.188. The molecule has 0 N–H and O–H groups in total. The van der Waals surface area contributed by atoms with Gasteiger partial charge in [-0.15, -0.1) is 0 Å². The van der Waals surface area contributed by atoms with Crippen LogP contribution in [0, 0.1) is 6.92 Å². The highest BCUT2D eigenvalue weighted by molar-refractivity contribution is 9.10. The Balaban J connectivity index is 1.81. The van der Waals surface area contributed by atoms with Crippen molar-refractivity contribution in [2.45, 2.75) is 20.0 Å². The number of hydrogen-bond acceptors (Lipinski definition) is 4. The van der Waals surface area contributed by atoms with Gasteiger partial charge in [-0.05, 0) is 40.5 Å². The number of hydrogen-bond donors (Lipinski definition) is 0. The lowest BCUT2D eigenvalue weighted by molar-refractivity contribution is 0.151. The normalized spacial score (nSPS) is 11.0. The molecule has 3 rings (SSSR count). The summed E-state index contributed by atoms with van der Waals surface area (Å²) in [6.07, 6.45) is 2.27. The smallest absolute Gasteiger partial charge is 0.263 e. The average molecular weight is 395 g/mol. The van der Waals surface area contributed by atoms with Gasteiger partial charge in [0.15, 0.2) is 0 Å². The largest absolute Gasteiger partial charge is 0.470 e. The first-order valence-corrected chi connectivity index (χ1v) is 7.86. The molecule has 3 aromatic rings. The first-order chi connectivity index (χ1) is 11.5. The van der Waals surface area contributed by atoms with Gasteiger partial charge in [0.05, 0.1) is 30.0 Å². The third-order valence-corrected chi connectivity index (χ3v) is 3.83. The number of halogens is 3. The van der Waals surface area contributed by atoms with Crippen molar-refractivity contribution in [1.29, 1.82) is 0 Å². The van der Waals surface area contributed by atoms with Gasteiger partial charge < -0.3 is 4.74 Å². The van der Waals surface area contributed by atoms with Gasteiger partial charge in [-0.1, -0.05) is 12.1 Å². The first kappa shape index (κ1) is 16.5. The Morgan fingerprint density at radius 3 is 2.50 bits per heavy atom. The summed E-state index contributed by atoms with van der Waals surface area (Å²) in [5, 5.41) is 4.29. The highest BCUT2D eigenvalue weighted by Gasteiger charge is 2.12. The summed E-state index contributed by atoms with van der Waals surface area (Å²) in [6, 6.07) is 6.00. The molecule has 0 unspecified atom stereocenters. The minimum atomic E-state index is -2.49. The van der Waals surface area contributed by atoms with E-state index in [0.717, 1.165) is 11.3 Å². The number of rotatable bonds is 5. The van der Waals surface area contributed by atoms with E-state index in [1.54, 1.807) is 29.2 Å². The Bertz CT molecular complexity index is 819. The van der Waals surface area contributed by atoms with Gasteiger partial charge in [-0.3, -0.25) is 0 Å². The van der Waals surface area contributed by atoms with Crippen LogP contribution in [-0.2, 0) is 6.61 Å². The Morgan fingerprint density at radius 2 is 1.88 bits per heavy atom. The van der Waals surface area contributed by atoms with Crippen LogP contribution < -0.4 is 4.74 Å². The molecule has 0 saturated carbocycles. The molecule has 0 bridgehead atoms. The monoisotopic (exact) mass is 394 g/mol. The Morgan fingerprint density at radius 1 is 1.12 bits per heavy atom. The van der Waals surface area contributed by atoms with Crippen molar-refractivity contribution < 1.29 is 13.5 Å². The van der Waals surface area contributed by atoms with Gasteiger partial charge in [0.2, 0.25) is 5.88 Å². The third kappa shape index (κ3) is 3.59. The summed E-state index contributed by atoms with van der Waals surface area (Å²) in [7, 11) is 0. The topological polar surface area (TPSA) is 52.8 Å². The number of alkyl halides is 2. The lowest BCUT2D eigenvalue weighted by Crippen LogP contribution is -2.07. The summed E-state index contributed by atoms with van der Waals surface area (Å²) >= 11 is 3.21. The van der Waals surface area contributed by atoms with Gasteiger partial charge in [-0.2, -0.15) is 5.10 Å². The van der Waals surface area contributed by atoms with Crippen molar-refractivity contribution >= 4 is 15.9 Å². The van der Waals surface area contributed by atoms with Crippen LogP contribution in [0.5, 0.6) is 5.88 Å². The molecule has 0 aliphatic heterocycles. The second-order valence-corrected chi connectivity index (χ2v) is 5.86. The lowest BCUT2D eigenvalue weighted by Gasteiger charge is -2.10. The second-order valence-electron chi connectivity index (χ2n) is 5.04. The number of aromatic nitrogens is 4. The average Bonchev–Trinajstić information content (AvgIpc) is 2.95. The van der Waals surface area contributed by atoms with E-state index in [4.69, 9.17) is 4.74 Å². The molecule has 0 aliphatic rings. The first-order valence-electron chi connectivity index (χ1n) is 7.07. The van der Waals surface area contributed by atoms with Crippen molar-refractivity contribution in [2.24, 2.45) is 0 Å². The van der Waals surface area contributed by atoms with Gasteiger partial charge in [-0.25, -0.2) is 23.4 Å². The molecule has 1 aromatic carbocycles. The summed E-state index contributed by atoms with van der Waals surface area (Å²) in [4.78, 5) is 8.14. The summed E-state index contributed by atoms with van der Waals surface area (Å²) < 4.78 is 33.2. The lowest BCUT2D eigenvalue weighted by atomic mass is 10.2. The predicted molar refractivity (Wildman–Crippen MR) is 87.3 cm³/mol. The quantitative estimate of drug-likeness (QED) is 0.648. The molecule has 0 amide bonds. The van der Waals surface area contributed by atoms with Gasteiger partial charge in [0, 0.05) is 5.56 Å². The van der Waals surface area contributed by atoms with Crippen molar-refractivity contribution in [3.63, 3.8) is 0 Å². The molecule has 0 aliphatic carbocycles. The van der Waals surface area contributed by atoms with E-state index in [1.807, 2.05) is 6.92 Å². The molecule has 0 saturated heterocycles. The van der Waals surface area contributed by atoms with Crippen LogP contribution >= 0.6 is 15.9 Å². The summed E-state index contributed by atoms with van der Waals surface area (Å²) in [6.45, 7) is 2.14. The molecule has 2 heterocycles. The minimum Gasteiger partial charge on any atom is -0.470 e. The van der Waals surface area contributed by atoms with Crippen LogP contribution in [-0.4, -0.2) is 19.7 Å². The zero-order valence-electron chi connectivity index (χ0n) is 12.7. The van der Waals surface area contributed by atoms with Crippen LogP contribution in [0.15, 0.2) is 47.5 Å². The van der Waals surface area contributed by atoms with E-state index in [1.165, 1.54) is 18.3 Å². The standard InChI is InChI=1S/C16H13BrF2N4O/c1-10-6-22-23(12-4-2-11(3-5-12)16(18)19)13(10)9-24-15-8-20-14(17)7-21-15/h2-8,16H,9H2,1H3. The van der Waals surface area contributed by atoms with Gasteiger partial charge >= 0.3 is 0 Å². The van der Waals surface area contributed by atoms with Crippen molar-refractivity contribution in [1.82, 2.24) is 19.7 Å². The minimum absolute atomic E-state index is 0.0226. The third-order valence-electron chi connectivity index (χ3n) is 3.42. The maximum atomic E-state index is 12.7. The molecule has 24 heavy (non-hydrogen) atoms. The van der Waals surface area contributed by atoms with Gasteiger partial charge in [0.1, 0.15) is 11.2 Å². The zero-order chi connectivity index (χ0) is 17.1. The van der Waals surface area contributed by atoms with E-state index >= 15 is 0 Å². The van der Waals surface area contributed by atoms with Crippen LogP contribution in [0.2, 0.25) is 0 Å². The predicted octanol–water partition coefficient (Wildman–Crippen LogP) is 4.25. The maximum absolute atomic E-state index is 12.7. The maximum Gasteiger partial charge on any atom is 0.263 e. The Hall–Kier alpha value is -2.35. The van der Waals surface area contributed by atoms with Crippen molar-refractivity contribution in [2.75, 3.05) is 0 Å². The molecule has 2 aromatic heterocycles. The van der Waals surface area contributed by atoms with Crippen LogP contribution in [0.3, 0.4) is 0 Å². The van der Waals surface area contributed by atoms with E-state index in [2.05, 4.69) is 31.0 Å². The van der Waals surface area contributed by atoms with Crippen LogP contribution in [0.25, 0.3) is 5.69 Å². The highest BCUT2D eigenvalue weighted by Crippen LogP contribution is 2.22.